The topological polar surface area (TPSA) is 21.7 Å². The average Bonchev–Trinajstić information content (AvgIpc) is 1.55. The van der Waals surface area contributed by atoms with E-state index in [9.17, 15) is 0 Å². The van der Waals surface area contributed by atoms with E-state index in [1.165, 1.54) is 5.23 Å². The first-order valence-electron chi connectivity index (χ1n) is 2.22. The van der Waals surface area contributed by atoms with E-state index in [-0.39, 0.29) is 0 Å². The Morgan fingerprint density at radius 1 is 1.57 bits per heavy atom. The molecule has 0 saturated carbocycles. The summed E-state index contributed by atoms with van der Waals surface area (Å²) in [6.07, 6.45) is 1.06. The lowest BCUT2D eigenvalue weighted by molar-refractivity contribution is -0.301. The molecule has 1 aliphatic heterocycles. The Hall–Kier alpha value is 0.230. The zero-order valence-corrected chi connectivity index (χ0v) is 4.90. The summed E-state index contributed by atoms with van der Waals surface area (Å²) in [4.78, 5) is 0. The Kier molecular flexibility index (Phi) is 1.93. The van der Waals surface area contributed by atoms with Crippen LogP contribution in [0.1, 0.15) is 13.3 Å². The standard InChI is InChI=1S/C3H7NO2S/c1-2-3-4-5-7-6-4/h2-3H2,1H3. The summed E-state index contributed by atoms with van der Waals surface area (Å²) in [7, 11) is 0. The van der Waals surface area contributed by atoms with Gasteiger partial charge in [-0.1, -0.05) is 6.92 Å². The normalized spacial score (nSPS) is 21.9. The monoisotopic (exact) mass is 121 g/mol. The highest BCUT2D eigenvalue weighted by molar-refractivity contribution is 7.90. The summed E-state index contributed by atoms with van der Waals surface area (Å²) in [6.45, 7) is 2.92. The van der Waals surface area contributed by atoms with Crippen LogP contribution in [0.15, 0.2) is 0 Å². The number of rotatable bonds is 2. The van der Waals surface area contributed by atoms with Gasteiger partial charge < -0.3 is 0 Å². The van der Waals surface area contributed by atoms with Crippen molar-refractivity contribution >= 4 is 12.3 Å². The van der Waals surface area contributed by atoms with Crippen LogP contribution >= 0.6 is 12.3 Å². The zero-order valence-electron chi connectivity index (χ0n) is 4.09. The highest BCUT2D eigenvalue weighted by Gasteiger charge is 2.16. The van der Waals surface area contributed by atoms with Crippen LogP contribution in [-0.4, -0.2) is 11.8 Å². The zero-order chi connectivity index (χ0) is 5.11. The number of hydrogen-bond donors (Lipinski definition) is 0. The quantitative estimate of drug-likeness (QED) is 0.510. The molecule has 1 saturated heterocycles. The summed E-state index contributed by atoms with van der Waals surface area (Å²) in [6, 6.07) is 0. The van der Waals surface area contributed by atoms with E-state index in [0.29, 0.717) is 0 Å². The van der Waals surface area contributed by atoms with Crippen LogP contribution in [0.25, 0.3) is 0 Å². The molecule has 0 amide bonds. The molecular formula is C3H7NO2S. The van der Waals surface area contributed by atoms with Crippen molar-refractivity contribution in [3.63, 3.8) is 0 Å². The van der Waals surface area contributed by atoms with Gasteiger partial charge in [0.2, 0.25) is 12.3 Å². The van der Waals surface area contributed by atoms with Crippen LogP contribution in [0.5, 0.6) is 0 Å². The average molecular weight is 121 g/mol. The van der Waals surface area contributed by atoms with Gasteiger partial charge in [-0.3, -0.25) is 0 Å². The number of nitrogens with zero attached hydrogens (tertiary/aromatic N) is 1. The fourth-order valence-electron chi connectivity index (χ4n) is 0.331. The van der Waals surface area contributed by atoms with Crippen molar-refractivity contribution in [2.45, 2.75) is 13.3 Å². The van der Waals surface area contributed by atoms with Crippen molar-refractivity contribution in [1.82, 2.24) is 5.23 Å². The van der Waals surface area contributed by atoms with Gasteiger partial charge in [0.25, 0.3) is 0 Å². The van der Waals surface area contributed by atoms with Crippen LogP contribution in [0.3, 0.4) is 0 Å². The summed E-state index contributed by atoms with van der Waals surface area (Å²) >= 11 is 1.01. The van der Waals surface area contributed by atoms with Crippen molar-refractivity contribution in [1.29, 1.82) is 0 Å². The molecule has 0 aromatic rings. The third kappa shape index (κ3) is 1.31. The minimum absolute atomic E-state index is 0.854. The lowest BCUT2D eigenvalue weighted by Gasteiger charge is -2.23. The Morgan fingerprint density at radius 2 is 2.29 bits per heavy atom. The second-order valence-corrected chi connectivity index (χ2v) is 1.71. The van der Waals surface area contributed by atoms with E-state index >= 15 is 0 Å². The smallest absolute Gasteiger partial charge is 0.171 e. The van der Waals surface area contributed by atoms with Gasteiger partial charge in [0.1, 0.15) is 0 Å². The number of hydroxylamine groups is 2. The molecule has 0 aromatic heterocycles. The Labute approximate surface area is 46.9 Å². The predicted molar refractivity (Wildman–Crippen MR) is 26.8 cm³/mol. The SMILES string of the molecule is CCCN1OSO1. The molecule has 42 valence electrons. The highest BCUT2D eigenvalue weighted by atomic mass is 32.2. The van der Waals surface area contributed by atoms with Crippen LogP contribution in [0, 0.1) is 0 Å². The lowest BCUT2D eigenvalue weighted by atomic mass is 10.5. The molecule has 0 aromatic carbocycles. The maximum Gasteiger partial charge on any atom is 0.203 e. The van der Waals surface area contributed by atoms with Gasteiger partial charge in [0, 0.05) is 0 Å². The molecule has 0 atom stereocenters. The minimum atomic E-state index is 0.854. The molecular weight excluding hydrogens is 114 g/mol. The molecule has 0 unspecified atom stereocenters. The van der Waals surface area contributed by atoms with Crippen molar-refractivity contribution in [2.75, 3.05) is 6.54 Å². The van der Waals surface area contributed by atoms with Gasteiger partial charge in [-0.15, -0.1) is 0 Å². The molecule has 0 N–H and O–H groups in total. The van der Waals surface area contributed by atoms with E-state index < -0.39 is 0 Å². The maximum absolute atomic E-state index is 4.70. The van der Waals surface area contributed by atoms with E-state index in [1.807, 2.05) is 0 Å². The fraction of sp³-hybridized carbons (Fsp3) is 1.00. The highest BCUT2D eigenvalue weighted by Crippen LogP contribution is 2.22. The van der Waals surface area contributed by atoms with Crippen LogP contribution in [0.2, 0.25) is 0 Å². The molecule has 0 spiro atoms. The van der Waals surface area contributed by atoms with E-state index in [2.05, 4.69) is 6.92 Å². The first kappa shape index (κ1) is 5.37. The second-order valence-electron chi connectivity index (χ2n) is 1.27. The first-order chi connectivity index (χ1) is 3.43. The molecule has 1 rings (SSSR count). The first-order valence-corrected chi connectivity index (χ1v) is 2.89. The molecule has 7 heavy (non-hydrogen) atoms. The van der Waals surface area contributed by atoms with Crippen LogP contribution in [-0.2, 0) is 8.57 Å². The maximum atomic E-state index is 4.70. The predicted octanol–water partition coefficient (Wildman–Crippen LogP) is 1.14. The molecule has 3 nitrogen and oxygen atoms in total. The van der Waals surface area contributed by atoms with Gasteiger partial charge in [-0.25, -0.2) is 0 Å². The lowest BCUT2D eigenvalue weighted by Crippen LogP contribution is -2.27. The molecule has 0 radical (unpaired) electrons. The van der Waals surface area contributed by atoms with E-state index in [4.69, 9.17) is 8.57 Å². The molecule has 1 fully saturated rings. The van der Waals surface area contributed by atoms with Gasteiger partial charge >= 0.3 is 0 Å². The van der Waals surface area contributed by atoms with Gasteiger partial charge in [0.05, 0.1) is 6.54 Å². The van der Waals surface area contributed by atoms with Gasteiger partial charge in [-0.05, 0) is 11.6 Å². The fourth-order valence-corrected chi connectivity index (χ4v) is 0.627. The van der Waals surface area contributed by atoms with Crippen LogP contribution < -0.4 is 0 Å². The third-order valence-electron chi connectivity index (χ3n) is 0.633. The Morgan fingerprint density at radius 3 is 2.43 bits per heavy atom. The molecule has 0 aliphatic carbocycles. The molecule has 0 bridgehead atoms. The summed E-state index contributed by atoms with van der Waals surface area (Å²) in [5, 5.41) is 1.45. The van der Waals surface area contributed by atoms with Crippen molar-refractivity contribution in [2.24, 2.45) is 0 Å². The largest absolute Gasteiger partial charge is 0.203 e. The Balaban J connectivity index is 1.93. The van der Waals surface area contributed by atoms with Crippen molar-refractivity contribution in [3.8, 4) is 0 Å². The molecule has 4 heteroatoms. The van der Waals surface area contributed by atoms with Crippen molar-refractivity contribution < 1.29 is 8.57 Å². The second kappa shape index (κ2) is 2.52. The van der Waals surface area contributed by atoms with Gasteiger partial charge in [0.15, 0.2) is 0 Å². The summed E-state index contributed by atoms with van der Waals surface area (Å²) in [5.41, 5.74) is 0. The third-order valence-corrected chi connectivity index (χ3v) is 1.09. The summed E-state index contributed by atoms with van der Waals surface area (Å²) < 4.78 is 9.40. The summed E-state index contributed by atoms with van der Waals surface area (Å²) in [5.74, 6) is 0. The van der Waals surface area contributed by atoms with E-state index in [1.54, 1.807) is 0 Å². The van der Waals surface area contributed by atoms with Crippen LogP contribution in [0.4, 0.5) is 0 Å². The molecule has 1 aliphatic rings. The number of hydrogen-bond acceptors (Lipinski definition) is 4. The van der Waals surface area contributed by atoms with Gasteiger partial charge in [-0.2, -0.15) is 8.57 Å². The van der Waals surface area contributed by atoms with Crippen molar-refractivity contribution in [3.05, 3.63) is 0 Å². The Bertz CT molecular complexity index is 56.9. The minimum Gasteiger partial charge on any atom is -0.171 e. The van der Waals surface area contributed by atoms with E-state index in [0.717, 1.165) is 25.3 Å². The molecule has 1 heterocycles.